The van der Waals surface area contributed by atoms with Crippen LogP contribution in [-0.2, 0) is 12.8 Å². The fourth-order valence-electron chi connectivity index (χ4n) is 1.73. The molecule has 0 atom stereocenters. The van der Waals surface area contributed by atoms with Gasteiger partial charge in [0.25, 0.3) is 0 Å². The first-order valence-corrected chi connectivity index (χ1v) is 5.86. The number of aliphatic hydroxyl groups is 1. The van der Waals surface area contributed by atoms with E-state index in [1.54, 1.807) is 18.2 Å². The molecule has 0 amide bonds. The third-order valence-electron chi connectivity index (χ3n) is 2.74. The first-order chi connectivity index (χ1) is 8.91. The fraction of sp³-hybridized carbons (Fsp3) is 0.143. The summed E-state index contributed by atoms with van der Waals surface area (Å²) in [7, 11) is 0. The Kier molecular flexibility index (Phi) is 3.83. The molecule has 0 heterocycles. The van der Waals surface area contributed by atoms with E-state index in [9.17, 15) is 13.2 Å². The zero-order chi connectivity index (χ0) is 14.0. The second-order valence-corrected chi connectivity index (χ2v) is 4.45. The SMILES string of the molecule is OCc1ccc(-c2ccc(C(F)(F)F)cc2)c(Cl)c1. The van der Waals surface area contributed by atoms with Gasteiger partial charge in [-0.3, -0.25) is 0 Å². The molecule has 0 aliphatic heterocycles. The fourth-order valence-corrected chi connectivity index (χ4v) is 2.04. The van der Waals surface area contributed by atoms with Crippen molar-refractivity contribution in [2.24, 2.45) is 0 Å². The van der Waals surface area contributed by atoms with Crippen LogP contribution in [0.3, 0.4) is 0 Å². The van der Waals surface area contributed by atoms with E-state index in [0.29, 0.717) is 21.7 Å². The smallest absolute Gasteiger partial charge is 0.392 e. The summed E-state index contributed by atoms with van der Waals surface area (Å²) in [4.78, 5) is 0. The Bertz CT molecular complexity index is 576. The van der Waals surface area contributed by atoms with Crippen LogP contribution in [0.15, 0.2) is 42.5 Å². The molecule has 0 bridgehead atoms. The van der Waals surface area contributed by atoms with E-state index in [-0.39, 0.29) is 6.61 Å². The van der Waals surface area contributed by atoms with Crippen LogP contribution >= 0.6 is 11.6 Å². The maximum atomic E-state index is 12.4. The van der Waals surface area contributed by atoms with E-state index in [2.05, 4.69) is 0 Å². The van der Waals surface area contributed by atoms with Crippen molar-refractivity contribution in [1.29, 1.82) is 0 Å². The first kappa shape index (κ1) is 13.9. The van der Waals surface area contributed by atoms with E-state index in [1.165, 1.54) is 12.1 Å². The highest BCUT2D eigenvalue weighted by atomic mass is 35.5. The van der Waals surface area contributed by atoms with Crippen LogP contribution < -0.4 is 0 Å². The lowest BCUT2D eigenvalue weighted by atomic mass is 10.0. The molecule has 0 radical (unpaired) electrons. The maximum absolute atomic E-state index is 12.4. The van der Waals surface area contributed by atoms with Crippen LogP contribution in [0.25, 0.3) is 11.1 Å². The van der Waals surface area contributed by atoms with E-state index in [0.717, 1.165) is 12.1 Å². The molecule has 2 aromatic rings. The Morgan fingerprint density at radius 2 is 1.63 bits per heavy atom. The van der Waals surface area contributed by atoms with E-state index < -0.39 is 11.7 Å². The van der Waals surface area contributed by atoms with Crippen LogP contribution in [0.4, 0.5) is 13.2 Å². The number of aliphatic hydroxyl groups excluding tert-OH is 1. The molecule has 19 heavy (non-hydrogen) atoms. The van der Waals surface area contributed by atoms with Crippen LogP contribution in [0.2, 0.25) is 5.02 Å². The molecule has 100 valence electrons. The molecule has 2 rings (SSSR count). The van der Waals surface area contributed by atoms with Gasteiger partial charge < -0.3 is 5.11 Å². The van der Waals surface area contributed by atoms with Gasteiger partial charge in [0.1, 0.15) is 0 Å². The summed E-state index contributed by atoms with van der Waals surface area (Å²) in [5, 5.41) is 9.36. The van der Waals surface area contributed by atoms with Gasteiger partial charge in [-0.15, -0.1) is 0 Å². The predicted molar refractivity (Wildman–Crippen MR) is 67.8 cm³/mol. The minimum absolute atomic E-state index is 0.132. The minimum Gasteiger partial charge on any atom is -0.392 e. The van der Waals surface area contributed by atoms with Gasteiger partial charge in [0.15, 0.2) is 0 Å². The van der Waals surface area contributed by atoms with Gasteiger partial charge >= 0.3 is 6.18 Å². The molecule has 0 saturated heterocycles. The lowest BCUT2D eigenvalue weighted by molar-refractivity contribution is -0.137. The molecule has 0 unspecified atom stereocenters. The summed E-state index contributed by atoms with van der Waals surface area (Å²) in [6.45, 7) is -0.132. The second-order valence-electron chi connectivity index (χ2n) is 4.05. The van der Waals surface area contributed by atoms with E-state index in [1.807, 2.05) is 0 Å². The lowest BCUT2D eigenvalue weighted by Crippen LogP contribution is -2.04. The van der Waals surface area contributed by atoms with Crippen molar-refractivity contribution in [3.63, 3.8) is 0 Å². The highest BCUT2D eigenvalue weighted by molar-refractivity contribution is 6.33. The summed E-state index contributed by atoms with van der Waals surface area (Å²) in [6, 6.07) is 9.74. The lowest BCUT2D eigenvalue weighted by Gasteiger charge is -2.09. The van der Waals surface area contributed by atoms with Crippen LogP contribution in [-0.4, -0.2) is 5.11 Å². The van der Waals surface area contributed by atoms with Crippen molar-refractivity contribution in [3.8, 4) is 11.1 Å². The number of hydrogen-bond acceptors (Lipinski definition) is 1. The molecule has 0 saturated carbocycles. The van der Waals surface area contributed by atoms with Crippen LogP contribution in [0, 0.1) is 0 Å². The number of benzene rings is 2. The summed E-state index contributed by atoms with van der Waals surface area (Å²) < 4.78 is 37.3. The van der Waals surface area contributed by atoms with Gasteiger partial charge in [0.2, 0.25) is 0 Å². The Morgan fingerprint density at radius 3 is 2.11 bits per heavy atom. The first-order valence-electron chi connectivity index (χ1n) is 5.49. The second kappa shape index (κ2) is 5.23. The largest absolute Gasteiger partial charge is 0.416 e. The van der Waals surface area contributed by atoms with Crippen molar-refractivity contribution >= 4 is 11.6 Å². The summed E-state index contributed by atoms with van der Waals surface area (Å²) in [5.74, 6) is 0. The van der Waals surface area contributed by atoms with E-state index >= 15 is 0 Å². The Hall–Kier alpha value is -1.52. The molecular weight excluding hydrogens is 277 g/mol. The topological polar surface area (TPSA) is 20.2 Å². The van der Waals surface area contributed by atoms with Crippen molar-refractivity contribution in [2.75, 3.05) is 0 Å². The molecule has 0 fully saturated rings. The van der Waals surface area contributed by atoms with Crippen LogP contribution in [0.5, 0.6) is 0 Å². The van der Waals surface area contributed by atoms with Crippen LogP contribution in [0.1, 0.15) is 11.1 Å². The minimum atomic E-state index is -4.34. The Labute approximate surface area is 113 Å². The summed E-state index contributed by atoms with van der Waals surface area (Å²) in [6.07, 6.45) is -4.34. The van der Waals surface area contributed by atoms with Crippen molar-refractivity contribution < 1.29 is 18.3 Å². The molecule has 0 aliphatic carbocycles. The standard InChI is InChI=1S/C14H10ClF3O/c15-13-7-9(8-19)1-6-12(13)10-2-4-11(5-3-10)14(16,17)18/h1-7,19H,8H2. The van der Waals surface area contributed by atoms with Gasteiger partial charge in [-0.25, -0.2) is 0 Å². The average molecular weight is 287 g/mol. The van der Waals surface area contributed by atoms with Crippen molar-refractivity contribution in [3.05, 3.63) is 58.6 Å². The number of halogens is 4. The maximum Gasteiger partial charge on any atom is 0.416 e. The molecule has 1 N–H and O–H groups in total. The normalized spacial score (nSPS) is 11.6. The molecule has 5 heteroatoms. The van der Waals surface area contributed by atoms with Gasteiger partial charge in [0, 0.05) is 10.6 Å². The summed E-state index contributed by atoms with van der Waals surface area (Å²) >= 11 is 6.04. The zero-order valence-electron chi connectivity index (χ0n) is 9.71. The number of hydrogen-bond donors (Lipinski definition) is 1. The third-order valence-corrected chi connectivity index (χ3v) is 3.05. The molecule has 0 spiro atoms. The molecule has 2 aromatic carbocycles. The highest BCUT2D eigenvalue weighted by Crippen LogP contribution is 2.33. The number of rotatable bonds is 2. The third kappa shape index (κ3) is 3.08. The van der Waals surface area contributed by atoms with Gasteiger partial charge in [-0.2, -0.15) is 13.2 Å². The number of alkyl halides is 3. The average Bonchev–Trinajstić information content (AvgIpc) is 2.37. The van der Waals surface area contributed by atoms with Crippen molar-refractivity contribution in [2.45, 2.75) is 12.8 Å². The van der Waals surface area contributed by atoms with E-state index in [4.69, 9.17) is 16.7 Å². The Balaban J connectivity index is 2.37. The molecule has 0 aromatic heterocycles. The van der Waals surface area contributed by atoms with Crippen molar-refractivity contribution in [1.82, 2.24) is 0 Å². The van der Waals surface area contributed by atoms with Gasteiger partial charge in [-0.1, -0.05) is 35.9 Å². The Morgan fingerprint density at radius 1 is 1.00 bits per heavy atom. The monoisotopic (exact) mass is 286 g/mol. The summed E-state index contributed by atoms with van der Waals surface area (Å²) in [5.41, 5.74) is 1.19. The molecule has 1 nitrogen and oxygen atoms in total. The predicted octanol–water partition coefficient (Wildman–Crippen LogP) is 4.52. The molecular formula is C14H10ClF3O. The quantitative estimate of drug-likeness (QED) is 0.861. The highest BCUT2D eigenvalue weighted by Gasteiger charge is 2.29. The van der Waals surface area contributed by atoms with Gasteiger partial charge in [-0.05, 0) is 29.3 Å². The molecule has 0 aliphatic rings. The zero-order valence-corrected chi connectivity index (χ0v) is 10.5. The van der Waals surface area contributed by atoms with Gasteiger partial charge in [0.05, 0.1) is 12.2 Å².